The Labute approximate surface area is 61.5 Å². The number of hydrogen-bond donors (Lipinski definition) is 0. The van der Waals surface area contributed by atoms with Gasteiger partial charge in [0.2, 0.25) is 0 Å². The number of carbonyl (C=O) groups excluding carboxylic acids is 1. The molecule has 10 heavy (non-hydrogen) atoms. The van der Waals surface area contributed by atoms with Crippen LogP contribution in [-0.2, 0) is 4.79 Å². The van der Waals surface area contributed by atoms with Crippen molar-refractivity contribution in [2.24, 2.45) is 0 Å². The molecule has 0 aliphatic carbocycles. The van der Waals surface area contributed by atoms with Crippen LogP contribution in [0.3, 0.4) is 0 Å². The molecule has 0 bridgehead atoms. The minimum atomic E-state index is 0.294. The third kappa shape index (κ3) is 1.27. The highest BCUT2D eigenvalue weighted by molar-refractivity contribution is 5.99. The van der Waals surface area contributed by atoms with Gasteiger partial charge in [0.15, 0.2) is 5.78 Å². The molecule has 56 valence electrons. The Balaban J connectivity index is 2.83. The number of likely N-dealkylation sites (tertiary alicyclic amines) is 1. The van der Waals surface area contributed by atoms with Gasteiger partial charge in [-0.2, -0.15) is 0 Å². The molecule has 0 aromatic heterocycles. The van der Waals surface area contributed by atoms with Gasteiger partial charge in [-0.15, -0.1) is 0 Å². The maximum absolute atomic E-state index is 11.1. The number of carbonyl (C=O) groups is 1. The molecule has 0 unspecified atom stereocenters. The van der Waals surface area contributed by atoms with Crippen LogP contribution in [0, 0.1) is 0 Å². The Morgan fingerprint density at radius 1 is 1.40 bits per heavy atom. The van der Waals surface area contributed by atoms with Gasteiger partial charge in [0.05, 0.1) is 6.54 Å². The first kappa shape index (κ1) is 7.48. The second-order valence-electron chi connectivity index (χ2n) is 3.07. The Hall–Kier alpha value is -0.630. The van der Waals surface area contributed by atoms with Crippen molar-refractivity contribution in [3.05, 3.63) is 11.1 Å². The van der Waals surface area contributed by atoms with Crippen molar-refractivity contribution in [2.45, 2.75) is 13.8 Å². The van der Waals surface area contributed by atoms with Crippen molar-refractivity contribution in [1.29, 1.82) is 0 Å². The highest BCUT2D eigenvalue weighted by Crippen LogP contribution is 2.13. The lowest BCUT2D eigenvalue weighted by molar-refractivity contribution is -0.114. The van der Waals surface area contributed by atoms with Crippen molar-refractivity contribution in [3.8, 4) is 0 Å². The zero-order valence-corrected chi connectivity index (χ0v) is 6.77. The normalized spacial score (nSPS) is 20.3. The van der Waals surface area contributed by atoms with E-state index in [0.29, 0.717) is 12.3 Å². The molecule has 0 radical (unpaired) electrons. The van der Waals surface area contributed by atoms with E-state index in [1.54, 1.807) is 0 Å². The van der Waals surface area contributed by atoms with Gasteiger partial charge in [0.25, 0.3) is 0 Å². The van der Waals surface area contributed by atoms with E-state index in [4.69, 9.17) is 0 Å². The third-order valence-corrected chi connectivity index (χ3v) is 1.78. The summed E-state index contributed by atoms with van der Waals surface area (Å²) in [5.41, 5.74) is 2.16. The Bertz CT molecular complexity index is 189. The molecule has 2 heteroatoms. The molecule has 1 aliphatic rings. The van der Waals surface area contributed by atoms with E-state index in [1.807, 2.05) is 25.8 Å². The lowest BCUT2D eigenvalue weighted by Gasteiger charge is -2.01. The van der Waals surface area contributed by atoms with E-state index < -0.39 is 0 Å². The van der Waals surface area contributed by atoms with Crippen LogP contribution < -0.4 is 0 Å². The van der Waals surface area contributed by atoms with Gasteiger partial charge in [0.1, 0.15) is 0 Å². The maximum atomic E-state index is 11.1. The van der Waals surface area contributed by atoms with Gasteiger partial charge < -0.3 is 0 Å². The predicted molar refractivity (Wildman–Crippen MR) is 40.9 cm³/mol. The molecule has 0 atom stereocenters. The van der Waals surface area contributed by atoms with Gasteiger partial charge in [-0.1, -0.05) is 5.57 Å². The maximum Gasteiger partial charge on any atom is 0.174 e. The highest BCUT2D eigenvalue weighted by atomic mass is 16.1. The van der Waals surface area contributed by atoms with Gasteiger partial charge in [0, 0.05) is 12.1 Å². The van der Waals surface area contributed by atoms with E-state index in [-0.39, 0.29) is 0 Å². The summed E-state index contributed by atoms with van der Waals surface area (Å²) < 4.78 is 0. The lowest BCUT2D eigenvalue weighted by Crippen LogP contribution is -2.13. The first-order valence-electron chi connectivity index (χ1n) is 3.49. The zero-order valence-electron chi connectivity index (χ0n) is 6.77. The smallest absolute Gasteiger partial charge is 0.174 e. The second-order valence-corrected chi connectivity index (χ2v) is 3.07. The fourth-order valence-corrected chi connectivity index (χ4v) is 1.19. The van der Waals surface area contributed by atoms with Crippen molar-refractivity contribution in [1.82, 2.24) is 4.90 Å². The SMILES string of the molecule is CC(C)=C1CN(C)CC1=O. The largest absolute Gasteiger partial charge is 0.294 e. The molecule has 1 heterocycles. The number of rotatable bonds is 0. The summed E-state index contributed by atoms with van der Waals surface area (Å²) in [5.74, 6) is 0.294. The topological polar surface area (TPSA) is 20.3 Å². The van der Waals surface area contributed by atoms with Crippen molar-refractivity contribution < 1.29 is 4.79 Å². The molecule has 2 nitrogen and oxygen atoms in total. The second kappa shape index (κ2) is 2.54. The summed E-state index contributed by atoms with van der Waals surface area (Å²) >= 11 is 0. The van der Waals surface area contributed by atoms with E-state index in [2.05, 4.69) is 0 Å². The molecule has 1 saturated heterocycles. The molecule has 1 fully saturated rings. The summed E-state index contributed by atoms with van der Waals surface area (Å²) in [5, 5.41) is 0. The van der Waals surface area contributed by atoms with Crippen LogP contribution in [0.4, 0.5) is 0 Å². The molecule has 1 aliphatic heterocycles. The summed E-state index contributed by atoms with van der Waals surface area (Å²) in [7, 11) is 1.97. The number of likely N-dealkylation sites (N-methyl/N-ethyl adjacent to an activating group) is 1. The van der Waals surface area contributed by atoms with Gasteiger partial charge >= 0.3 is 0 Å². The van der Waals surface area contributed by atoms with Crippen LogP contribution in [0.1, 0.15) is 13.8 Å². The number of hydrogen-bond acceptors (Lipinski definition) is 2. The number of Topliss-reactive ketones (excluding diaryl/α,β-unsaturated/α-hetero) is 1. The van der Waals surface area contributed by atoms with Crippen LogP contribution in [0.5, 0.6) is 0 Å². The van der Waals surface area contributed by atoms with Crippen molar-refractivity contribution in [3.63, 3.8) is 0 Å². The molecule has 1 rings (SSSR count). The van der Waals surface area contributed by atoms with Crippen LogP contribution in [0.15, 0.2) is 11.1 Å². The first-order chi connectivity index (χ1) is 4.61. The first-order valence-corrected chi connectivity index (χ1v) is 3.49. The number of nitrogens with zero attached hydrogens (tertiary/aromatic N) is 1. The number of allylic oxidation sites excluding steroid dienone is 1. The molecule has 0 aromatic rings. The highest BCUT2D eigenvalue weighted by Gasteiger charge is 2.21. The molecule has 0 amide bonds. The van der Waals surface area contributed by atoms with Gasteiger partial charge in [-0.25, -0.2) is 0 Å². The average Bonchev–Trinajstić information content (AvgIpc) is 2.10. The summed E-state index contributed by atoms with van der Waals surface area (Å²) in [6.45, 7) is 5.42. The molecule has 0 N–H and O–H groups in total. The predicted octanol–water partition coefficient (Wildman–Crippen LogP) is 0.837. The molecule has 0 aromatic carbocycles. The Morgan fingerprint density at radius 3 is 2.20 bits per heavy atom. The third-order valence-electron chi connectivity index (χ3n) is 1.78. The van der Waals surface area contributed by atoms with Crippen LogP contribution in [0.2, 0.25) is 0 Å². The molecular formula is C8H13NO. The Morgan fingerprint density at radius 2 is 2.00 bits per heavy atom. The Kier molecular flexibility index (Phi) is 1.90. The van der Waals surface area contributed by atoms with E-state index in [9.17, 15) is 4.79 Å². The van der Waals surface area contributed by atoms with E-state index in [1.165, 1.54) is 0 Å². The van der Waals surface area contributed by atoms with Crippen molar-refractivity contribution in [2.75, 3.05) is 20.1 Å². The zero-order chi connectivity index (χ0) is 7.72. The fraction of sp³-hybridized carbons (Fsp3) is 0.625. The summed E-state index contributed by atoms with van der Waals surface area (Å²) in [6, 6.07) is 0. The standard InChI is InChI=1S/C8H13NO/c1-6(2)7-4-9(3)5-8(7)10/h4-5H2,1-3H3. The number of ketones is 1. The van der Waals surface area contributed by atoms with E-state index >= 15 is 0 Å². The van der Waals surface area contributed by atoms with Gasteiger partial charge in [-0.3, -0.25) is 9.69 Å². The molecule has 0 spiro atoms. The lowest BCUT2D eigenvalue weighted by atomic mass is 10.1. The monoisotopic (exact) mass is 139 g/mol. The van der Waals surface area contributed by atoms with E-state index in [0.717, 1.165) is 17.7 Å². The summed E-state index contributed by atoms with van der Waals surface area (Å²) in [6.07, 6.45) is 0. The summed E-state index contributed by atoms with van der Waals surface area (Å²) in [4.78, 5) is 13.2. The molecular weight excluding hydrogens is 126 g/mol. The fourth-order valence-electron chi connectivity index (χ4n) is 1.19. The van der Waals surface area contributed by atoms with Crippen LogP contribution in [-0.4, -0.2) is 30.8 Å². The quantitative estimate of drug-likeness (QED) is 0.463. The molecule has 0 saturated carbocycles. The average molecular weight is 139 g/mol. The van der Waals surface area contributed by atoms with Crippen LogP contribution >= 0.6 is 0 Å². The van der Waals surface area contributed by atoms with Crippen molar-refractivity contribution >= 4 is 5.78 Å². The van der Waals surface area contributed by atoms with Gasteiger partial charge in [-0.05, 0) is 20.9 Å². The van der Waals surface area contributed by atoms with Crippen LogP contribution in [0.25, 0.3) is 0 Å². The minimum Gasteiger partial charge on any atom is -0.294 e. The minimum absolute atomic E-state index is 0.294.